The van der Waals surface area contributed by atoms with E-state index in [1.54, 1.807) is 36.5 Å². The fraction of sp³-hybridized carbons (Fsp3) is 0.0588. The Morgan fingerprint density at radius 1 is 1.17 bits per heavy atom. The highest BCUT2D eigenvalue weighted by atomic mass is 32.1. The standard InChI is InChI=1S/C17H13FN4OS/c18-13-6-4-12(5-7-13)11-16-21-22-17(24-16)20-15(23)9-8-14-3-1-2-10-19-14/h1-10H,11H2,(H,20,22,23). The van der Waals surface area contributed by atoms with E-state index >= 15 is 0 Å². The van der Waals surface area contributed by atoms with E-state index in [2.05, 4.69) is 20.5 Å². The van der Waals surface area contributed by atoms with Crippen LogP contribution in [0.25, 0.3) is 6.08 Å². The highest BCUT2D eigenvalue weighted by Gasteiger charge is 2.07. The van der Waals surface area contributed by atoms with Crippen molar-refractivity contribution in [2.75, 3.05) is 5.32 Å². The van der Waals surface area contributed by atoms with Crippen LogP contribution in [0.3, 0.4) is 0 Å². The summed E-state index contributed by atoms with van der Waals surface area (Å²) in [6.07, 6.45) is 5.21. The summed E-state index contributed by atoms with van der Waals surface area (Å²) < 4.78 is 12.9. The van der Waals surface area contributed by atoms with Crippen LogP contribution in [-0.4, -0.2) is 21.1 Å². The topological polar surface area (TPSA) is 67.8 Å². The van der Waals surface area contributed by atoms with Gasteiger partial charge in [-0.3, -0.25) is 15.1 Å². The fourth-order valence-corrected chi connectivity index (χ4v) is 2.71. The molecule has 2 aromatic heterocycles. The molecule has 0 fully saturated rings. The van der Waals surface area contributed by atoms with Crippen LogP contribution in [0.2, 0.25) is 0 Å². The van der Waals surface area contributed by atoms with Gasteiger partial charge in [0.05, 0.1) is 5.69 Å². The molecule has 0 unspecified atom stereocenters. The SMILES string of the molecule is O=C(C=Cc1ccccn1)Nc1nnc(Cc2ccc(F)cc2)s1. The third kappa shape index (κ3) is 4.53. The number of aromatic nitrogens is 3. The Bertz CT molecular complexity index is 847. The van der Waals surface area contributed by atoms with Crippen LogP contribution in [0.5, 0.6) is 0 Å². The van der Waals surface area contributed by atoms with Crippen molar-refractivity contribution in [1.82, 2.24) is 15.2 Å². The molecule has 2 heterocycles. The van der Waals surface area contributed by atoms with Gasteiger partial charge in [-0.1, -0.05) is 29.5 Å². The van der Waals surface area contributed by atoms with Crippen LogP contribution >= 0.6 is 11.3 Å². The van der Waals surface area contributed by atoms with Crippen molar-refractivity contribution in [1.29, 1.82) is 0 Å². The predicted octanol–water partition coefficient (Wildman–Crippen LogP) is 3.31. The van der Waals surface area contributed by atoms with Gasteiger partial charge in [0.15, 0.2) is 0 Å². The Morgan fingerprint density at radius 3 is 2.75 bits per heavy atom. The lowest BCUT2D eigenvalue weighted by atomic mass is 10.2. The van der Waals surface area contributed by atoms with Crippen molar-refractivity contribution in [2.45, 2.75) is 6.42 Å². The maximum absolute atomic E-state index is 12.9. The van der Waals surface area contributed by atoms with E-state index in [-0.39, 0.29) is 11.7 Å². The summed E-state index contributed by atoms with van der Waals surface area (Å²) in [6.45, 7) is 0. The number of rotatable bonds is 5. The Labute approximate surface area is 141 Å². The number of hydrogen-bond donors (Lipinski definition) is 1. The Balaban J connectivity index is 1.58. The zero-order valence-corrected chi connectivity index (χ0v) is 13.3. The molecule has 0 radical (unpaired) electrons. The Hall–Kier alpha value is -2.93. The van der Waals surface area contributed by atoms with Crippen LogP contribution in [0.15, 0.2) is 54.7 Å². The largest absolute Gasteiger partial charge is 0.297 e. The average Bonchev–Trinajstić information content (AvgIpc) is 3.03. The van der Waals surface area contributed by atoms with Crippen LogP contribution < -0.4 is 5.32 Å². The van der Waals surface area contributed by atoms with Crippen molar-refractivity contribution < 1.29 is 9.18 Å². The first-order valence-corrected chi connectivity index (χ1v) is 7.97. The Morgan fingerprint density at radius 2 is 2.00 bits per heavy atom. The minimum Gasteiger partial charge on any atom is -0.297 e. The van der Waals surface area contributed by atoms with E-state index < -0.39 is 0 Å². The summed E-state index contributed by atoms with van der Waals surface area (Å²) >= 11 is 1.28. The van der Waals surface area contributed by atoms with E-state index in [0.29, 0.717) is 17.2 Å². The molecule has 24 heavy (non-hydrogen) atoms. The molecular formula is C17H13FN4OS. The zero-order chi connectivity index (χ0) is 16.8. The number of amides is 1. The maximum atomic E-state index is 12.9. The normalized spacial score (nSPS) is 10.9. The van der Waals surface area contributed by atoms with E-state index in [1.165, 1.54) is 29.5 Å². The van der Waals surface area contributed by atoms with Crippen molar-refractivity contribution in [3.63, 3.8) is 0 Å². The summed E-state index contributed by atoms with van der Waals surface area (Å²) in [7, 11) is 0. The first-order valence-electron chi connectivity index (χ1n) is 7.16. The smallest absolute Gasteiger partial charge is 0.250 e. The molecule has 1 N–H and O–H groups in total. The van der Waals surface area contributed by atoms with Gasteiger partial charge in [-0.15, -0.1) is 10.2 Å². The van der Waals surface area contributed by atoms with Gasteiger partial charge >= 0.3 is 0 Å². The molecule has 5 nitrogen and oxygen atoms in total. The monoisotopic (exact) mass is 340 g/mol. The van der Waals surface area contributed by atoms with Gasteiger partial charge in [0.1, 0.15) is 10.8 Å². The van der Waals surface area contributed by atoms with E-state index in [1.807, 2.05) is 6.07 Å². The number of anilines is 1. The minimum atomic E-state index is -0.301. The highest BCUT2D eigenvalue weighted by molar-refractivity contribution is 7.15. The second-order valence-corrected chi connectivity index (χ2v) is 5.94. The average molecular weight is 340 g/mol. The van der Waals surface area contributed by atoms with Crippen molar-refractivity contribution in [2.24, 2.45) is 0 Å². The van der Waals surface area contributed by atoms with E-state index in [9.17, 15) is 9.18 Å². The number of benzene rings is 1. The molecule has 3 aromatic rings. The summed E-state index contributed by atoms with van der Waals surface area (Å²) in [5, 5.41) is 11.8. The second kappa shape index (κ2) is 7.56. The molecule has 0 spiro atoms. The number of halogens is 1. The minimum absolute atomic E-state index is 0.274. The lowest BCUT2D eigenvalue weighted by Crippen LogP contribution is -2.07. The van der Waals surface area contributed by atoms with E-state index in [4.69, 9.17) is 0 Å². The fourth-order valence-electron chi connectivity index (χ4n) is 1.94. The number of pyridine rings is 1. The lowest BCUT2D eigenvalue weighted by Gasteiger charge is -1.96. The number of nitrogens with one attached hydrogen (secondary N) is 1. The van der Waals surface area contributed by atoms with Crippen molar-refractivity contribution >= 4 is 28.5 Å². The van der Waals surface area contributed by atoms with Gasteiger partial charge in [0.2, 0.25) is 11.0 Å². The molecule has 0 saturated heterocycles. The lowest BCUT2D eigenvalue weighted by molar-refractivity contribution is -0.111. The summed E-state index contributed by atoms with van der Waals surface area (Å²) in [5.41, 5.74) is 1.63. The molecule has 3 rings (SSSR count). The number of carbonyl (C=O) groups excluding carboxylic acids is 1. The van der Waals surface area contributed by atoms with Gasteiger partial charge in [0, 0.05) is 18.7 Å². The molecule has 0 bridgehead atoms. The molecule has 0 atom stereocenters. The van der Waals surface area contributed by atoms with Crippen LogP contribution in [0.4, 0.5) is 9.52 Å². The van der Waals surface area contributed by atoms with Gasteiger partial charge in [-0.2, -0.15) is 0 Å². The molecular weight excluding hydrogens is 327 g/mol. The first kappa shape index (κ1) is 15.9. The maximum Gasteiger partial charge on any atom is 0.250 e. The number of carbonyl (C=O) groups is 1. The van der Waals surface area contributed by atoms with E-state index in [0.717, 1.165) is 10.6 Å². The molecule has 0 aliphatic carbocycles. The Kier molecular flexibility index (Phi) is 5.02. The number of nitrogens with zero attached hydrogens (tertiary/aromatic N) is 3. The van der Waals surface area contributed by atoms with Crippen LogP contribution in [0.1, 0.15) is 16.3 Å². The molecule has 0 saturated carbocycles. The second-order valence-electron chi connectivity index (χ2n) is 4.88. The zero-order valence-electron chi connectivity index (χ0n) is 12.5. The predicted molar refractivity (Wildman–Crippen MR) is 91.0 cm³/mol. The van der Waals surface area contributed by atoms with Gasteiger partial charge in [0.25, 0.3) is 0 Å². The number of hydrogen-bond acceptors (Lipinski definition) is 5. The molecule has 1 amide bonds. The van der Waals surface area contributed by atoms with Crippen LogP contribution in [-0.2, 0) is 11.2 Å². The van der Waals surface area contributed by atoms with Gasteiger partial charge in [-0.05, 0) is 35.9 Å². The first-order chi connectivity index (χ1) is 11.7. The molecule has 120 valence electrons. The summed E-state index contributed by atoms with van der Waals surface area (Å²) in [5.74, 6) is -0.575. The third-order valence-electron chi connectivity index (χ3n) is 3.06. The summed E-state index contributed by atoms with van der Waals surface area (Å²) in [4.78, 5) is 16.0. The van der Waals surface area contributed by atoms with Crippen molar-refractivity contribution in [3.8, 4) is 0 Å². The summed E-state index contributed by atoms with van der Waals surface area (Å²) in [6, 6.07) is 11.7. The third-order valence-corrected chi connectivity index (χ3v) is 3.90. The molecule has 0 aliphatic rings. The highest BCUT2D eigenvalue weighted by Crippen LogP contribution is 2.18. The van der Waals surface area contributed by atoms with Gasteiger partial charge < -0.3 is 0 Å². The van der Waals surface area contributed by atoms with Crippen LogP contribution in [0, 0.1) is 5.82 Å². The molecule has 7 heteroatoms. The van der Waals surface area contributed by atoms with Gasteiger partial charge in [-0.25, -0.2) is 4.39 Å². The van der Waals surface area contributed by atoms with Crippen molar-refractivity contribution in [3.05, 3.63) is 76.8 Å². The quantitative estimate of drug-likeness (QED) is 0.724. The molecule has 1 aromatic carbocycles. The molecule has 0 aliphatic heterocycles.